The molecule has 5 aliphatic heterocycles. The largest absolute Gasteiger partial charge is 0.542 e. The summed E-state index contributed by atoms with van der Waals surface area (Å²) in [5.74, 6) is -1.59. The highest BCUT2D eigenvalue weighted by molar-refractivity contribution is 6.03. The van der Waals surface area contributed by atoms with Crippen LogP contribution in [0, 0.1) is 11.3 Å². The number of urea groups is 1. The molecule has 4 amide bonds. The van der Waals surface area contributed by atoms with Crippen molar-refractivity contribution in [3.8, 4) is 5.75 Å². The summed E-state index contributed by atoms with van der Waals surface area (Å²) >= 11 is 0. The van der Waals surface area contributed by atoms with E-state index in [-0.39, 0.29) is 52.8 Å². The summed E-state index contributed by atoms with van der Waals surface area (Å²) in [6, 6.07) is 25.7. The highest BCUT2D eigenvalue weighted by Crippen LogP contribution is 2.53. The third-order valence-electron chi connectivity index (χ3n) is 15.3. The van der Waals surface area contributed by atoms with Gasteiger partial charge in [0.15, 0.2) is 5.71 Å². The Labute approximate surface area is 414 Å². The first-order valence-electron chi connectivity index (χ1n) is 24.9. The van der Waals surface area contributed by atoms with E-state index in [9.17, 15) is 27.6 Å². The first-order chi connectivity index (χ1) is 33.8. The van der Waals surface area contributed by atoms with Crippen molar-refractivity contribution in [3.05, 3.63) is 113 Å². The number of morpholine rings is 1. The van der Waals surface area contributed by atoms with Gasteiger partial charge >= 0.3 is 12.2 Å². The number of hydrogen-bond donors (Lipinski definition) is 2. The molecule has 1 saturated carbocycles. The molecule has 3 saturated heterocycles. The first kappa shape index (κ1) is 51.2. The summed E-state index contributed by atoms with van der Waals surface area (Å²) in [7, 11) is 2.17. The molecule has 0 unspecified atom stereocenters. The minimum Gasteiger partial charge on any atom is -0.542 e. The molecule has 1 aliphatic carbocycles. The molecule has 4 fully saturated rings. The van der Waals surface area contributed by atoms with Gasteiger partial charge in [0.2, 0.25) is 17.5 Å². The minimum absolute atomic E-state index is 0.00509. The molecule has 0 aromatic heterocycles. The van der Waals surface area contributed by atoms with Gasteiger partial charge in [0, 0.05) is 79.1 Å². The maximum Gasteiger partial charge on any atom is 0.430 e. The molecule has 380 valence electrons. The first-order valence-corrected chi connectivity index (χ1v) is 24.9. The second kappa shape index (κ2) is 20.9. The third kappa shape index (κ3) is 11.2. The Morgan fingerprint density at radius 2 is 1.62 bits per heavy atom. The fourth-order valence-electron chi connectivity index (χ4n) is 11.8. The number of alkyl halides is 3. The molecular formula is C55H67F3N6O7. The number of carboxylic acid groups (broad SMARTS) is 1. The average Bonchev–Trinajstić information content (AvgIpc) is 3.64. The third-order valence-corrected chi connectivity index (χ3v) is 15.3. The Morgan fingerprint density at radius 3 is 2.35 bits per heavy atom. The number of carbonyl (C=O) groups excluding carboxylic acids is 4. The van der Waals surface area contributed by atoms with E-state index in [0.29, 0.717) is 38.6 Å². The molecule has 0 radical (unpaired) electrons. The summed E-state index contributed by atoms with van der Waals surface area (Å²) < 4.78 is 45.8. The molecular weight excluding hydrogens is 914 g/mol. The molecule has 3 aromatic carbocycles. The van der Waals surface area contributed by atoms with Gasteiger partial charge in [-0.05, 0) is 87.6 Å². The van der Waals surface area contributed by atoms with Crippen molar-refractivity contribution >= 4 is 40.9 Å². The highest BCUT2D eigenvalue weighted by Gasteiger charge is 2.54. The lowest BCUT2D eigenvalue weighted by Gasteiger charge is -2.60. The number of fused-ring (bicyclic) bond motifs is 3. The van der Waals surface area contributed by atoms with Crippen LogP contribution in [0.1, 0.15) is 89.3 Å². The minimum atomic E-state index is -5.19. The van der Waals surface area contributed by atoms with E-state index in [1.54, 1.807) is 0 Å². The number of carboxylic acids is 1. The molecule has 6 aliphatic rings. The van der Waals surface area contributed by atoms with Gasteiger partial charge in [-0.3, -0.25) is 9.59 Å². The number of carbonyl (C=O) groups is 4. The van der Waals surface area contributed by atoms with Crippen LogP contribution in [0.25, 0.3) is 0 Å². The van der Waals surface area contributed by atoms with Crippen LogP contribution in [0.2, 0.25) is 0 Å². The van der Waals surface area contributed by atoms with Gasteiger partial charge in [-0.25, -0.2) is 4.79 Å². The van der Waals surface area contributed by atoms with Crippen LogP contribution >= 0.6 is 0 Å². The van der Waals surface area contributed by atoms with Crippen molar-refractivity contribution in [1.82, 2.24) is 20.4 Å². The number of likely N-dealkylation sites (tertiary alicyclic amines) is 2. The van der Waals surface area contributed by atoms with Gasteiger partial charge < -0.3 is 44.7 Å². The number of allylic oxidation sites excluding steroid dienone is 4. The number of anilines is 1. The summed E-state index contributed by atoms with van der Waals surface area (Å²) in [5.41, 5.74) is 9.09. The Hall–Kier alpha value is -6.16. The lowest BCUT2D eigenvalue weighted by atomic mass is 9.56. The van der Waals surface area contributed by atoms with Crippen LogP contribution in [0.5, 0.6) is 5.75 Å². The number of hydrogen-bond acceptors (Lipinski definition) is 8. The van der Waals surface area contributed by atoms with E-state index in [2.05, 4.69) is 134 Å². The van der Waals surface area contributed by atoms with E-state index in [4.69, 9.17) is 19.4 Å². The number of aliphatic carboxylic acids is 1. The zero-order chi connectivity index (χ0) is 50.7. The van der Waals surface area contributed by atoms with Crippen LogP contribution in [-0.4, -0.2) is 122 Å². The van der Waals surface area contributed by atoms with Crippen molar-refractivity contribution in [2.45, 2.75) is 108 Å². The van der Waals surface area contributed by atoms with Crippen molar-refractivity contribution in [3.63, 3.8) is 0 Å². The molecule has 9 rings (SSSR count). The Morgan fingerprint density at radius 1 is 0.930 bits per heavy atom. The van der Waals surface area contributed by atoms with Gasteiger partial charge in [0.1, 0.15) is 32.0 Å². The number of nitrogens with zero attached hydrogens (tertiary/aromatic N) is 4. The number of ether oxygens (including phenoxy) is 2. The monoisotopic (exact) mass is 981 g/mol. The van der Waals surface area contributed by atoms with Crippen LogP contribution in [0.4, 0.5) is 29.3 Å². The van der Waals surface area contributed by atoms with E-state index >= 15 is 0 Å². The second-order valence-electron chi connectivity index (χ2n) is 21.1. The maximum absolute atomic E-state index is 13.3. The number of benzene rings is 3. The second-order valence-corrected chi connectivity index (χ2v) is 21.1. The van der Waals surface area contributed by atoms with Crippen LogP contribution in [0.15, 0.2) is 96.7 Å². The molecule has 13 nitrogen and oxygen atoms in total. The van der Waals surface area contributed by atoms with Crippen LogP contribution in [0.3, 0.4) is 0 Å². The number of para-hydroxylation sites is 3. The number of nitrogens with one attached hydrogen (secondary N) is 2. The predicted octanol–water partition coefficient (Wildman–Crippen LogP) is 6.95. The Kier molecular flexibility index (Phi) is 15.1. The highest BCUT2D eigenvalue weighted by atomic mass is 19.4. The Balaban J connectivity index is 0.000000900. The lowest BCUT2D eigenvalue weighted by molar-refractivity contribution is -0.401. The summed E-state index contributed by atoms with van der Waals surface area (Å²) in [4.78, 5) is 53.1. The smallest absolute Gasteiger partial charge is 0.430 e. The van der Waals surface area contributed by atoms with Gasteiger partial charge in [-0.1, -0.05) is 80.9 Å². The SMILES string of the molecule is C[N+]1=C(C=CC=C2N(CCCCCC(=O)NCCOc3ccccc3CC3CC4(C3)CN(C(=O)N3CC[C@@H]5OCC(=O)N[C@@H]5C3)C4)c3ccccc3C2(C)C)C(C)(C)c2ccccc21.O=C([O-])C(F)(F)F. The molecule has 5 heterocycles. The Bertz CT molecular complexity index is 2580. The van der Waals surface area contributed by atoms with Crippen molar-refractivity contribution in [2.24, 2.45) is 11.3 Å². The molecule has 0 bridgehead atoms. The average molecular weight is 981 g/mol. The standard InChI is InChI=1S/C53H66N6O5.C2HF3O2/c1-51(2)39-17-9-11-19-42(39)56(5)46(51)22-15-23-47-52(3,4)40-18-10-12-20-43(40)59(47)27-14-6-7-24-48(60)54-26-29-63-44-21-13-8-16-38(44)30-37-31-53(32-37)35-58(36-53)50(62)57-28-25-45-41(33-57)55-49(61)34-64-45;3-2(4,5)1(6)7/h8-13,15-23,37,41,45H,6-7,14,24-36H2,1-5H3,(H-,54,55,60,61);(H,6,7)/t41-,45+;/m1./s1. The van der Waals surface area contributed by atoms with Gasteiger partial charge in [-0.2, -0.15) is 17.7 Å². The summed E-state index contributed by atoms with van der Waals surface area (Å²) in [6.45, 7) is 14.0. The summed E-state index contributed by atoms with van der Waals surface area (Å²) in [6.07, 6.45) is 8.90. The van der Waals surface area contributed by atoms with E-state index < -0.39 is 12.1 Å². The maximum atomic E-state index is 13.3. The van der Waals surface area contributed by atoms with E-state index in [1.165, 1.54) is 39.5 Å². The molecule has 2 N–H and O–H groups in total. The van der Waals surface area contributed by atoms with Crippen molar-refractivity contribution in [2.75, 3.05) is 64.4 Å². The number of halogens is 3. The number of rotatable bonds is 14. The van der Waals surface area contributed by atoms with Crippen LogP contribution in [-0.2, 0) is 36.4 Å². The van der Waals surface area contributed by atoms with Crippen LogP contribution < -0.4 is 25.4 Å². The van der Waals surface area contributed by atoms with Crippen molar-refractivity contribution in [1.29, 1.82) is 0 Å². The number of unbranched alkanes of at least 4 members (excludes halogenated alkanes) is 2. The zero-order valence-electron chi connectivity index (χ0n) is 41.5. The van der Waals surface area contributed by atoms with E-state index in [1.807, 2.05) is 21.9 Å². The fourth-order valence-corrected chi connectivity index (χ4v) is 11.8. The molecule has 1 spiro atoms. The van der Waals surface area contributed by atoms with E-state index in [0.717, 1.165) is 70.3 Å². The summed E-state index contributed by atoms with van der Waals surface area (Å²) in [5, 5.41) is 14.9. The van der Waals surface area contributed by atoms with Gasteiger partial charge in [0.25, 0.3) is 0 Å². The quantitative estimate of drug-likeness (QED) is 0.131. The zero-order valence-corrected chi connectivity index (χ0v) is 41.5. The molecule has 71 heavy (non-hydrogen) atoms. The van der Waals surface area contributed by atoms with Gasteiger partial charge in [0.05, 0.1) is 24.1 Å². The number of piperidine rings is 1. The predicted molar refractivity (Wildman–Crippen MR) is 263 cm³/mol. The molecule has 2 atom stereocenters. The fraction of sp³-hybridized carbons (Fsp3) is 0.509. The van der Waals surface area contributed by atoms with Gasteiger partial charge in [-0.15, -0.1) is 0 Å². The lowest BCUT2D eigenvalue weighted by Crippen LogP contribution is -2.68. The number of amides is 4. The normalized spacial score (nSPS) is 22.2. The topological polar surface area (TPSA) is 147 Å². The molecule has 16 heteroatoms. The molecule has 3 aromatic rings. The van der Waals surface area contributed by atoms with Crippen molar-refractivity contribution < 1.29 is 51.5 Å².